The molecule has 3 N–H and O–H groups in total. The molecule has 0 aliphatic rings. The fourth-order valence-corrected chi connectivity index (χ4v) is 6.65. The Bertz CT molecular complexity index is 1640. The number of alkyl halides is 23. The first kappa shape index (κ1) is 56.0. The van der Waals surface area contributed by atoms with Crippen LogP contribution >= 0.6 is 0 Å². The van der Waals surface area contributed by atoms with Crippen LogP contribution in [0.25, 0.3) is 0 Å². The number of likely N-dealkylation sites (N-methyl/N-ethyl adjacent to an activating group) is 1. The van der Waals surface area contributed by atoms with E-state index in [1.807, 2.05) is 0 Å². The molecule has 350 valence electrons. The summed E-state index contributed by atoms with van der Waals surface area (Å²) in [7, 11) is -11.7. The highest BCUT2D eigenvalue weighted by Crippen LogP contribution is 2.67. The van der Waals surface area contributed by atoms with Crippen LogP contribution in [-0.2, 0) is 20.1 Å². The molecule has 0 rings (SSSR count). The molecule has 0 aromatic heterocycles. The topological polar surface area (TPSA) is 155 Å². The maximum absolute atomic E-state index is 15.1. The number of aliphatic hydroxyl groups excluding tert-OH is 3. The van der Waals surface area contributed by atoms with Crippen LogP contribution in [0.1, 0.15) is 12.8 Å². The minimum absolute atomic E-state index is 0.600. The average molecular weight is 961 g/mol. The molecule has 0 aromatic rings. The van der Waals surface area contributed by atoms with E-state index >= 15 is 8.78 Å². The van der Waals surface area contributed by atoms with Crippen molar-refractivity contribution in [1.29, 1.82) is 0 Å². The van der Waals surface area contributed by atoms with Crippen molar-refractivity contribution in [3.05, 3.63) is 0 Å². The molecular formula is C23H27F23N2O8S2. The summed E-state index contributed by atoms with van der Waals surface area (Å²) >= 11 is 0. The lowest BCUT2D eigenvalue weighted by Gasteiger charge is -2.45. The summed E-state index contributed by atoms with van der Waals surface area (Å²) in [6.07, 6.45) is -12.9. The molecule has 0 fully saturated rings. The van der Waals surface area contributed by atoms with E-state index in [2.05, 4.69) is 0 Å². The highest BCUT2D eigenvalue weighted by molar-refractivity contribution is 7.90. The Hall–Kier alpha value is -1.95. The van der Waals surface area contributed by atoms with Crippen LogP contribution in [0.2, 0.25) is 0 Å². The third-order valence-electron chi connectivity index (χ3n) is 7.88. The van der Waals surface area contributed by atoms with Gasteiger partial charge in [-0.25, -0.2) is 16.8 Å². The van der Waals surface area contributed by atoms with Gasteiger partial charge in [-0.15, -0.1) is 0 Å². The summed E-state index contributed by atoms with van der Waals surface area (Å²) in [5.41, 5.74) is 0. The van der Waals surface area contributed by atoms with Gasteiger partial charge in [-0.05, 0) is 6.42 Å². The Morgan fingerprint density at radius 3 is 1.19 bits per heavy atom. The molecule has 0 spiro atoms. The van der Waals surface area contributed by atoms with Gasteiger partial charge in [0.05, 0.1) is 50.0 Å². The average Bonchev–Trinajstić information content (AvgIpc) is 3.01. The molecule has 0 radical (unpaired) electrons. The summed E-state index contributed by atoms with van der Waals surface area (Å²) in [6.45, 7) is -6.59. The molecule has 0 aliphatic heterocycles. The van der Waals surface area contributed by atoms with Gasteiger partial charge in [0.25, 0.3) is 10.0 Å². The highest BCUT2D eigenvalue weighted by atomic mass is 32.2. The highest BCUT2D eigenvalue weighted by Gasteiger charge is 2.99. The number of sulfonamides is 1. The van der Waals surface area contributed by atoms with Gasteiger partial charge in [-0.2, -0.15) is 105 Å². The largest absolute Gasteiger partial charge is 0.748 e. The molecule has 35 heteroatoms. The molecule has 2 atom stereocenters. The second-order valence-electron chi connectivity index (χ2n) is 12.7. The van der Waals surface area contributed by atoms with Gasteiger partial charge in [0, 0.05) is 18.7 Å². The molecule has 0 aliphatic carbocycles. The zero-order valence-corrected chi connectivity index (χ0v) is 29.7. The van der Waals surface area contributed by atoms with E-state index in [-0.39, 0.29) is 0 Å². The summed E-state index contributed by atoms with van der Waals surface area (Å²) in [5.74, 6) is -86.4. The van der Waals surface area contributed by atoms with Crippen LogP contribution in [0.3, 0.4) is 0 Å². The van der Waals surface area contributed by atoms with Crippen molar-refractivity contribution in [3.63, 3.8) is 0 Å². The van der Waals surface area contributed by atoms with Crippen LogP contribution in [0.4, 0.5) is 101 Å². The van der Waals surface area contributed by atoms with E-state index in [1.165, 1.54) is 0 Å². The Morgan fingerprint density at radius 2 is 0.897 bits per heavy atom. The summed E-state index contributed by atoms with van der Waals surface area (Å²) in [6, 6.07) is -2.83. The van der Waals surface area contributed by atoms with Crippen molar-refractivity contribution < 1.29 is 142 Å². The van der Waals surface area contributed by atoms with E-state index in [1.54, 1.807) is 0 Å². The van der Waals surface area contributed by atoms with E-state index in [9.17, 15) is 124 Å². The van der Waals surface area contributed by atoms with Gasteiger partial charge < -0.3 is 24.4 Å². The van der Waals surface area contributed by atoms with Gasteiger partial charge >= 0.3 is 64.7 Å². The molecular weight excluding hydrogens is 933 g/mol. The minimum Gasteiger partial charge on any atom is -0.748 e. The quantitative estimate of drug-likeness (QED) is 0.0763. The predicted molar refractivity (Wildman–Crippen MR) is 141 cm³/mol. The van der Waals surface area contributed by atoms with E-state index in [4.69, 9.17) is 5.11 Å². The fraction of sp³-hybridized carbons (Fsp3) is 1.00. The molecule has 10 nitrogen and oxygen atoms in total. The van der Waals surface area contributed by atoms with Gasteiger partial charge in [0.2, 0.25) is 0 Å². The van der Waals surface area contributed by atoms with Gasteiger partial charge in [0.15, 0.2) is 0 Å². The van der Waals surface area contributed by atoms with Crippen molar-refractivity contribution in [3.8, 4) is 0 Å². The SMILES string of the molecule is C[N+](C)(CCC(CO)N(CCCS(=O)(=O)[O-])S(=O)(=O)C(F)(F)C(F)(F)C(F)(F)C(F)(F)C(F)(F)C(F)(F)C(F)(F)C(F)(F)C(F)(F)C(F)(F)C(F)(F)F)CC(O)CO. The molecule has 58 heavy (non-hydrogen) atoms. The van der Waals surface area contributed by atoms with Crippen molar-refractivity contribution >= 4 is 20.1 Å². The number of aliphatic hydroxyl groups is 3. The van der Waals surface area contributed by atoms with E-state index in [0.29, 0.717) is 0 Å². The van der Waals surface area contributed by atoms with Crippen molar-refractivity contribution in [2.45, 2.75) is 89.7 Å². The van der Waals surface area contributed by atoms with Gasteiger partial charge in [0.1, 0.15) is 12.6 Å². The second-order valence-corrected chi connectivity index (χ2v) is 16.2. The Morgan fingerprint density at radius 1 is 0.569 bits per heavy atom. The zero-order valence-electron chi connectivity index (χ0n) is 28.1. The normalized spacial score (nSPS) is 17.2. The van der Waals surface area contributed by atoms with E-state index in [0.717, 1.165) is 14.1 Å². The summed E-state index contributed by atoms with van der Waals surface area (Å²) < 4.78 is 375. The Labute approximate surface area is 309 Å². The van der Waals surface area contributed by atoms with Crippen LogP contribution in [0.15, 0.2) is 0 Å². The maximum Gasteiger partial charge on any atom is 0.460 e. The summed E-state index contributed by atoms with van der Waals surface area (Å²) in [4.78, 5) is 0. The van der Waals surface area contributed by atoms with Gasteiger partial charge in [-0.3, -0.25) is 0 Å². The molecule has 0 heterocycles. The smallest absolute Gasteiger partial charge is 0.460 e. The first-order valence-corrected chi connectivity index (χ1v) is 17.5. The second kappa shape index (κ2) is 16.4. The Kier molecular flexibility index (Phi) is 15.8. The van der Waals surface area contributed by atoms with Crippen LogP contribution in [0.5, 0.6) is 0 Å². The molecule has 0 amide bonds. The zero-order chi connectivity index (χ0) is 47.4. The van der Waals surface area contributed by atoms with Crippen molar-refractivity contribution in [2.24, 2.45) is 0 Å². The van der Waals surface area contributed by atoms with Gasteiger partial charge in [-0.1, -0.05) is 0 Å². The van der Waals surface area contributed by atoms with Crippen molar-refractivity contribution in [1.82, 2.24) is 4.31 Å². The number of halogens is 23. The first-order valence-electron chi connectivity index (χ1n) is 14.5. The molecule has 0 bridgehead atoms. The number of hydrogen-bond donors (Lipinski definition) is 3. The lowest BCUT2D eigenvalue weighted by molar-refractivity contribution is -0.893. The number of hydrogen-bond acceptors (Lipinski definition) is 8. The third kappa shape index (κ3) is 9.13. The molecule has 2 unspecified atom stereocenters. The number of rotatable bonds is 23. The van der Waals surface area contributed by atoms with Crippen LogP contribution in [-0.4, -0.2) is 175 Å². The number of nitrogens with zero attached hydrogens (tertiary/aromatic N) is 2. The van der Waals surface area contributed by atoms with E-state index < -0.39 is 157 Å². The lowest BCUT2D eigenvalue weighted by Crippen LogP contribution is -2.78. The predicted octanol–water partition coefficient (Wildman–Crippen LogP) is 4.61. The standard InChI is InChI=1S/C23H27F23N2O8S2/c1-48(2,8-12(51)10-50)6-4-11(9-49)47(5-3-7-57(52,53)54)58(55,56)23(45,46)21(40,41)19(36,37)17(32,33)15(28,29)13(24,25)14(26,27)16(30,31)18(34,35)20(38,39)22(42,43)44/h11-12,49-51H,3-10H2,1-2H3. The minimum atomic E-state index is -9.72. The van der Waals surface area contributed by atoms with Crippen LogP contribution < -0.4 is 0 Å². The van der Waals surface area contributed by atoms with Crippen molar-refractivity contribution in [2.75, 3.05) is 52.7 Å². The third-order valence-corrected chi connectivity index (χ3v) is 10.7. The molecule has 0 saturated heterocycles. The Balaban J connectivity index is 7.64. The summed E-state index contributed by atoms with van der Waals surface area (Å²) in [5, 5.41) is 19.9. The first-order chi connectivity index (χ1) is 25.0. The molecule has 0 saturated carbocycles. The monoisotopic (exact) mass is 960 g/mol. The number of quaternary nitrogens is 1. The molecule has 0 aromatic carbocycles. The lowest BCUT2D eigenvalue weighted by atomic mass is 9.86. The fourth-order valence-electron chi connectivity index (χ4n) is 4.49. The van der Waals surface area contributed by atoms with Crippen LogP contribution in [0, 0.1) is 0 Å². The maximum atomic E-state index is 15.1.